The third kappa shape index (κ3) is 5.80. The van der Waals surface area contributed by atoms with Gasteiger partial charge in [0.05, 0.1) is 22.4 Å². The van der Waals surface area contributed by atoms with Crippen LogP contribution in [0.3, 0.4) is 0 Å². The van der Waals surface area contributed by atoms with Gasteiger partial charge in [-0.2, -0.15) is 39.5 Å². The lowest BCUT2D eigenvalue weighted by Gasteiger charge is -2.15. The van der Waals surface area contributed by atoms with E-state index < -0.39 is 53.0 Å². The van der Waals surface area contributed by atoms with E-state index in [0.29, 0.717) is 6.07 Å². The normalized spacial score (nSPS) is 13.5. The van der Waals surface area contributed by atoms with Crippen molar-refractivity contribution in [1.29, 1.82) is 0 Å². The standard InChI is InChI=1S/C18H11ClF9NO/c1-9(13-7-12(19)3-5-15(13)18(26,27)28)29-30-8-10-6-11(16(20,21)22)2-4-14(10)17(23,24)25/h2-7H,8H2,1H3/b29-9+. The number of nitrogens with zero attached hydrogens (tertiary/aromatic N) is 1. The fourth-order valence-corrected chi connectivity index (χ4v) is 2.65. The molecule has 0 bridgehead atoms. The van der Waals surface area contributed by atoms with Crippen molar-refractivity contribution in [2.24, 2.45) is 5.16 Å². The molecule has 2 aromatic carbocycles. The second-order valence-electron chi connectivity index (χ2n) is 6.01. The number of hydrogen-bond acceptors (Lipinski definition) is 2. The van der Waals surface area contributed by atoms with Crippen LogP contribution in [0.15, 0.2) is 41.6 Å². The molecule has 0 unspecified atom stereocenters. The Morgan fingerprint density at radius 1 is 0.833 bits per heavy atom. The molecule has 2 aromatic rings. The molecule has 0 fully saturated rings. The molecule has 0 aliphatic heterocycles. The van der Waals surface area contributed by atoms with Gasteiger partial charge >= 0.3 is 18.5 Å². The lowest BCUT2D eigenvalue weighted by molar-refractivity contribution is -0.142. The minimum Gasteiger partial charge on any atom is -0.391 e. The van der Waals surface area contributed by atoms with Crippen LogP contribution in [0.1, 0.15) is 34.7 Å². The summed E-state index contributed by atoms with van der Waals surface area (Å²) >= 11 is 5.68. The summed E-state index contributed by atoms with van der Waals surface area (Å²) in [5, 5.41) is 3.26. The van der Waals surface area contributed by atoms with Crippen molar-refractivity contribution in [3.63, 3.8) is 0 Å². The Morgan fingerprint density at radius 3 is 1.93 bits per heavy atom. The number of rotatable bonds is 4. The maximum absolute atomic E-state index is 13.1. The van der Waals surface area contributed by atoms with E-state index in [4.69, 9.17) is 11.6 Å². The van der Waals surface area contributed by atoms with Gasteiger partial charge in [0.15, 0.2) is 0 Å². The Balaban J connectivity index is 2.36. The Morgan fingerprint density at radius 2 is 1.40 bits per heavy atom. The zero-order valence-corrected chi connectivity index (χ0v) is 15.6. The highest BCUT2D eigenvalue weighted by molar-refractivity contribution is 6.31. The zero-order valence-electron chi connectivity index (χ0n) is 14.8. The highest BCUT2D eigenvalue weighted by atomic mass is 35.5. The molecule has 12 heteroatoms. The van der Waals surface area contributed by atoms with Crippen LogP contribution in [0.5, 0.6) is 0 Å². The van der Waals surface area contributed by atoms with Crippen molar-refractivity contribution >= 4 is 17.3 Å². The summed E-state index contributed by atoms with van der Waals surface area (Å²) in [6.07, 6.45) is -14.7. The molecule has 0 aliphatic rings. The summed E-state index contributed by atoms with van der Waals surface area (Å²) in [5.41, 5.74) is -5.60. The van der Waals surface area contributed by atoms with Crippen LogP contribution in [0.2, 0.25) is 5.02 Å². The van der Waals surface area contributed by atoms with Crippen LogP contribution >= 0.6 is 11.6 Å². The highest BCUT2D eigenvalue weighted by Crippen LogP contribution is 2.37. The van der Waals surface area contributed by atoms with E-state index in [-0.39, 0.29) is 28.9 Å². The number of hydrogen-bond donors (Lipinski definition) is 0. The molecule has 0 N–H and O–H groups in total. The first-order chi connectivity index (χ1) is 13.6. The molecular weight excluding hydrogens is 453 g/mol. The Kier molecular flexibility index (Phi) is 6.65. The summed E-state index contributed by atoms with van der Waals surface area (Å²) in [4.78, 5) is 4.66. The quantitative estimate of drug-likeness (QED) is 0.264. The van der Waals surface area contributed by atoms with Crippen molar-refractivity contribution in [2.75, 3.05) is 0 Å². The Bertz CT molecular complexity index is 946. The van der Waals surface area contributed by atoms with Gasteiger partial charge in [-0.15, -0.1) is 0 Å². The summed E-state index contributed by atoms with van der Waals surface area (Å²) < 4.78 is 117. The number of oxime groups is 1. The average molecular weight is 464 g/mol. The summed E-state index contributed by atoms with van der Waals surface area (Å²) in [6.45, 7) is 0.0235. The number of halogens is 10. The molecule has 0 atom stereocenters. The van der Waals surface area contributed by atoms with Gasteiger partial charge in [0.1, 0.15) is 6.61 Å². The lowest BCUT2D eigenvalue weighted by Crippen LogP contribution is -2.14. The maximum Gasteiger partial charge on any atom is 0.417 e. The first kappa shape index (κ1) is 23.8. The molecule has 0 saturated heterocycles. The van der Waals surface area contributed by atoms with Crippen LogP contribution in [-0.4, -0.2) is 5.71 Å². The van der Waals surface area contributed by atoms with E-state index in [1.54, 1.807) is 0 Å². The molecule has 164 valence electrons. The molecule has 0 saturated carbocycles. The van der Waals surface area contributed by atoms with Crippen LogP contribution in [0.25, 0.3) is 0 Å². The zero-order chi connectivity index (χ0) is 22.9. The molecule has 30 heavy (non-hydrogen) atoms. The SMILES string of the molecule is C/C(=N\OCc1cc(C(F)(F)F)ccc1C(F)(F)F)c1cc(Cl)ccc1C(F)(F)F. The van der Waals surface area contributed by atoms with Gasteiger partial charge in [0.25, 0.3) is 0 Å². The predicted octanol–water partition coefficient (Wildman–Crippen LogP) is 7.34. The summed E-state index contributed by atoms with van der Waals surface area (Å²) in [5.74, 6) is 0. The predicted molar refractivity (Wildman–Crippen MR) is 89.9 cm³/mol. The van der Waals surface area contributed by atoms with Gasteiger partial charge in [-0.3, -0.25) is 0 Å². The average Bonchev–Trinajstić information content (AvgIpc) is 2.58. The fraction of sp³-hybridized carbons (Fsp3) is 0.278. The summed E-state index contributed by atoms with van der Waals surface area (Å²) in [7, 11) is 0. The van der Waals surface area contributed by atoms with Crippen molar-refractivity contribution in [2.45, 2.75) is 32.1 Å². The van der Waals surface area contributed by atoms with E-state index in [2.05, 4.69) is 9.99 Å². The van der Waals surface area contributed by atoms with Crippen LogP contribution in [0.4, 0.5) is 39.5 Å². The largest absolute Gasteiger partial charge is 0.417 e. The minimum absolute atomic E-state index is 0.0650. The van der Waals surface area contributed by atoms with Gasteiger partial charge in [-0.1, -0.05) is 16.8 Å². The van der Waals surface area contributed by atoms with Gasteiger partial charge in [0, 0.05) is 16.1 Å². The summed E-state index contributed by atoms with van der Waals surface area (Å²) in [6, 6.07) is 3.36. The molecule has 0 aromatic heterocycles. The van der Waals surface area contributed by atoms with Crippen LogP contribution in [0, 0.1) is 0 Å². The Labute approximate surface area is 168 Å². The van der Waals surface area contributed by atoms with Crippen LogP contribution < -0.4 is 0 Å². The third-order valence-electron chi connectivity index (χ3n) is 3.84. The molecule has 0 amide bonds. The van der Waals surface area contributed by atoms with Crippen molar-refractivity contribution in [3.8, 4) is 0 Å². The van der Waals surface area contributed by atoms with Crippen molar-refractivity contribution in [1.82, 2.24) is 0 Å². The van der Waals surface area contributed by atoms with E-state index in [0.717, 1.165) is 19.1 Å². The fourth-order valence-electron chi connectivity index (χ4n) is 2.48. The molecule has 2 nitrogen and oxygen atoms in total. The highest BCUT2D eigenvalue weighted by Gasteiger charge is 2.37. The molecule has 0 radical (unpaired) electrons. The van der Waals surface area contributed by atoms with E-state index in [9.17, 15) is 39.5 Å². The number of benzene rings is 2. The first-order valence-electron chi connectivity index (χ1n) is 7.91. The number of alkyl halides is 9. The first-order valence-corrected chi connectivity index (χ1v) is 8.29. The lowest BCUT2D eigenvalue weighted by atomic mass is 10.0. The van der Waals surface area contributed by atoms with E-state index in [1.165, 1.54) is 0 Å². The van der Waals surface area contributed by atoms with Gasteiger partial charge in [-0.25, -0.2) is 0 Å². The minimum atomic E-state index is -4.97. The third-order valence-corrected chi connectivity index (χ3v) is 4.07. The topological polar surface area (TPSA) is 21.6 Å². The maximum atomic E-state index is 13.1. The smallest absolute Gasteiger partial charge is 0.391 e. The molecule has 0 spiro atoms. The second-order valence-corrected chi connectivity index (χ2v) is 6.44. The van der Waals surface area contributed by atoms with Gasteiger partial charge in [0.2, 0.25) is 0 Å². The Hall–Kier alpha value is -2.43. The van der Waals surface area contributed by atoms with Gasteiger partial charge in [-0.05, 0) is 43.3 Å². The second kappa shape index (κ2) is 8.37. The molecule has 0 aliphatic carbocycles. The van der Waals surface area contributed by atoms with Gasteiger partial charge < -0.3 is 4.84 Å². The van der Waals surface area contributed by atoms with E-state index in [1.807, 2.05) is 0 Å². The van der Waals surface area contributed by atoms with Crippen LogP contribution in [-0.2, 0) is 30.0 Å². The van der Waals surface area contributed by atoms with Crippen molar-refractivity contribution < 1.29 is 44.4 Å². The van der Waals surface area contributed by atoms with Crippen molar-refractivity contribution in [3.05, 3.63) is 69.2 Å². The molecular formula is C18H11ClF9NO. The van der Waals surface area contributed by atoms with E-state index >= 15 is 0 Å². The molecule has 2 rings (SSSR count). The monoisotopic (exact) mass is 463 g/mol. The molecule has 0 heterocycles.